The highest BCUT2D eigenvalue weighted by atomic mass is 19.1. The van der Waals surface area contributed by atoms with Crippen LogP contribution in [0.1, 0.15) is 25.1 Å². The van der Waals surface area contributed by atoms with Gasteiger partial charge in [-0.2, -0.15) is 4.98 Å². The highest BCUT2D eigenvalue weighted by molar-refractivity contribution is 5.66. The molecule has 28 heavy (non-hydrogen) atoms. The molecule has 3 aromatic rings. The molecule has 0 unspecified atom stereocenters. The number of hydrogen-bond acceptors (Lipinski definition) is 5. The number of nitrogens with one attached hydrogen (secondary N) is 2. The zero-order valence-corrected chi connectivity index (χ0v) is 16.8. The maximum atomic E-state index is 13.4. The van der Waals surface area contributed by atoms with Crippen LogP contribution in [0.4, 0.5) is 33.2 Å². The maximum absolute atomic E-state index is 13.4. The summed E-state index contributed by atoms with van der Waals surface area (Å²) in [5.74, 6) is 0.801. The van der Waals surface area contributed by atoms with Gasteiger partial charge in [-0.3, -0.25) is 0 Å². The van der Waals surface area contributed by atoms with Crippen LogP contribution in [0.2, 0.25) is 0 Å². The molecule has 0 fully saturated rings. The van der Waals surface area contributed by atoms with E-state index in [0.29, 0.717) is 17.5 Å². The molecule has 6 heteroatoms. The molecule has 0 bridgehead atoms. The van der Waals surface area contributed by atoms with E-state index in [2.05, 4.69) is 64.5 Å². The fourth-order valence-electron chi connectivity index (χ4n) is 3.10. The Balaban J connectivity index is 1.82. The topological polar surface area (TPSA) is 53.1 Å². The van der Waals surface area contributed by atoms with Gasteiger partial charge in [-0.25, -0.2) is 9.37 Å². The number of halogens is 1. The van der Waals surface area contributed by atoms with Crippen molar-refractivity contribution in [1.82, 2.24) is 9.97 Å². The van der Waals surface area contributed by atoms with Crippen LogP contribution >= 0.6 is 0 Å². The minimum absolute atomic E-state index is 0.306. The molecule has 146 valence electrons. The summed E-state index contributed by atoms with van der Waals surface area (Å²) in [6.45, 7) is 10.2. The second-order valence-corrected chi connectivity index (χ2v) is 6.65. The Morgan fingerprint density at radius 3 is 2.39 bits per heavy atom. The number of aryl methyl sites for hydroxylation is 2. The number of aromatic nitrogens is 2. The van der Waals surface area contributed by atoms with Gasteiger partial charge in [0.1, 0.15) is 11.6 Å². The van der Waals surface area contributed by atoms with Gasteiger partial charge in [-0.15, -0.1) is 0 Å². The van der Waals surface area contributed by atoms with Crippen LogP contribution < -0.4 is 15.5 Å². The fourth-order valence-corrected chi connectivity index (χ4v) is 3.10. The van der Waals surface area contributed by atoms with Crippen LogP contribution in [-0.4, -0.2) is 23.1 Å². The Labute approximate surface area is 165 Å². The Hall–Kier alpha value is -3.15. The predicted molar refractivity (Wildman–Crippen MR) is 114 cm³/mol. The normalized spacial score (nSPS) is 10.6. The largest absolute Gasteiger partial charge is 0.372 e. The quantitative estimate of drug-likeness (QED) is 0.562. The molecule has 0 atom stereocenters. The smallest absolute Gasteiger partial charge is 0.229 e. The Morgan fingerprint density at radius 1 is 0.929 bits per heavy atom. The van der Waals surface area contributed by atoms with E-state index in [9.17, 15) is 4.39 Å². The van der Waals surface area contributed by atoms with Crippen molar-refractivity contribution >= 4 is 28.8 Å². The van der Waals surface area contributed by atoms with Crippen LogP contribution in [0.15, 0.2) is 48.5 Å². The summed E-state index contributed by atoms with van der Waals surface area (Å²) in [5.41, 5.74) is 4.76. The molecule has 0 aliphatic heterocycles. The van der Waals surface area contributed by atoms with Crippen molar-refractivity contribution in [2.45, 2.75) is 27.7 Å². The minimum atomic E-state index is -0.306. The van der Waals surface area contributed by atoms with E-state index >= 15 is 0 Å². The van der Waals surface area contributed by atoms with Gasteiger partial charge in [0, 0.05) is 41.9 Å². The zero-order chi connectivity index (χ0) is 20.1. The summed E-state index contributed by atoms with van der Waals surface area (Å²) in [6, 6.07) is 14.5. The molecule has 2 aromatic carbocycles. The average molecular weight is 379 g/mol. The molecule has 0 aliphatic rings. The van der Waals surface area contributed by atoms with Crippen LogP contribution in [0.3, 0.4) is 0 Å². The number of anilines is 5. The van der Waals surface area contributed by atoms with Crippen LogP contribution in [0.25, 0.3) is 0 Å². The first-order valence-electron chi connectivity index (χ1n) is 9.49. The molecule has 0 radical (unpaired) electrons. The monoisotopic (exact) mass is 379 g/mol. The van der Waals surface area contributed by atoms with Gasteiger partial charge in [0.2, 0.25) is 5.95 Å². The van der Waals surface area contributed by atoms with E-state index in [1.165, 1.54) is 17.8 Å². The van der Waals surface area contributed by atoms with Crippen molar-refractivity contribution in [3.8, 4) is 0 Å². The van der Waals surface area contributed by atoms with E-state index in [1.807, 2.05) is 13.0 Å². The standard InChI is InChI=1S/C22H26FN5/c1-5-28(6-2)19-10-11-20(15(3)12-19)26-21-13-16(4)24-22(27-21)25-18-9-7-8-17(23)14-18/h7-14H,5-6H2,1-4H3,(H2,24,25,26,27). The first-order valence-corrected chi connectivity index (χ1v) is 9.49. The van der Waals surface area contributed by atoms with Crippen molar-refractivity contribution in [3.63, 3.8) is 0 Å². The van der Waals surface area contributed by atoms with Gasteiger partial charge in [-0.05, 0) is 69.7 Å². The molecular weight excluding hydrogens is 353 g/mol. The Morgan fingerprint density at radius 2 is 1.71 bits per heavy atom. The number of rotatable bonds is 7. The van der Waals surface area contributed by atoms with Crippen LogP contribution in [-0.2, 0) is 0 Å². The van der Waals surface area contributed by atoms with Crippen molar-refractivity contribution in [2.75, 3.05) is 28.6 Å². The highest BCUT2D eigenvalue weighted by Gasteiger charge is 2.08. The van der Waals surface area contributed by atoms with Gasteiger partial charge in [0.25, 0.3) is 0 Å². The van der Waals surface area contributed by atoms with E-state index in [0.717, 1.165) is 30.0 Å². The zero-order valence-electron chi connectivity index (χ0n) is 16.8. The molecule has 3 rings (SSSR count). The molecule has 0 saturated carbocycles. The highest BCUT2D eigenvalue weighted by Crippen LogP contribution is 2.26. The third-order valence-corrected chi connectivity index (χ3v) is 4.54. The van der Waals surface area contributed by atoms with Gasteiger partial charge < -0.3 is 15.5 Å². The lowest BCUT2D eigenvalue weighted by molar-refractivity contribution is 0.628. The summed E-state index contributed by atoms with van der Waals surface area (Å²) >= 11 is 0. The molecular formula is C22H26FN5. The lowest BCUT2D eigenvalue weighted by Gasteiger charge is -2.22. The second kappa shape index (κ2) is 8.69. The van der Waals surface area contributed by atoms with Crippen molar-refractivity contribution in [3.05, 3.63) is 65.6 Å². The summed E-state index contributed by atoms with van der Waals surface area (Å²) in [7, 11) is 0. The number of hydrogen-bond donors (Lipinski definition) is 2. The van der Waals surface area contributed by atoms with E-state index < -0.39 is 0 Å². The minimum Gasteiger partial charge on any atom is -0.372 e. The molecule has 1 heterocycles. The molecule has 2 N–H and O–H groups in total. The third-order valence-electron chi connectivity index (χ3n) is 4.54. The Kier molecular flexibility index (Phi) is 6.09. The molecule has 0 saturated heterocycles. The SMILES string of the molecule is CCN(CC)c1ccc(Nc2cc(C)nc(Nc3cccc(F)c3)n2)c(C)c1. The maximum Gasteiger partial charge on any atom is 0.229 e. The van der Waals surface area contributed by atoms with Gasteiger partial charge in [0.05, 0.1) is 0 Å². The molecule has 5 nitrogen and oxygen atoms in total. The summed E-state index contributed by atoms with van der Waals surface area (Å²) < 4.78 is 13.4. The van der Waals surface area contributed by atoms with Crippen LogP contribution in [0, 0.1) is 19.7 Å². The Bertz CT molecular complexity index is 953. The van der Waals surface area contributed by atoms with Crippen molar-refractivity contribution < 1.29 is 4.39 Å². The average Bonchev–Trinajstić information content (AvgIpc) is 2.64. The lowest BCUT2D eigenvalue weighted by Crippen LogP contribution is -2.21. The predicted octanol–water partition coefficient (Wildman–Crippen LogP) is 5.57. The van der Waals surface area contributed by atoms with E-state index in [-0.39, 0.29) is 5.82 Å². The van der Waals surface area contributed by atoms with Crippen LogP contribution in [0.5, 0.6) is 0 Å². The molecule has 0 aliphatic carbocycles. The second-order valence-electron chi connectivity index (χ2n) is 6.65. The first kappa shape index (κ1) is 19.6. The van der Waals surface area contributed by atoms with E-state index in [1.54, 1.807) is 12.1 Å². The third kappa shape index (κ3) is 4.76. The summed E-state index contributed by atoms with van der Waals surface area (Å²) in [4.78, 5) is 11.2. The fraction of sp³-hybridized carbons (Fsp3) is 0.273. The molecule has 1 aromatic heterocycles. The van der Waals surface area contributed by atoms with Crippen molar-refractivity contribution in [2.24, 2.45) is 0 Å². The molecule has 0 spiro atoms. The summed E-state index contributed by atoms with van der Waals surface area (Å²) in [5, 5.41) is 6.43. The van der Waals surface area contributed by atoms with E-state index in [4.69, 9.17) is 0 Å². The van der Waals surface area contributed by atoms with Gasteiger partial charge >= 0.3 is 0 Å². The van der Waals surface area contributed by atoms with Crippen molar-refractivity contribution in [1.29, 1.82) is 0 Å². The van der Waals surface area contributed by atoms with Gasteiger partial charge in [-0.1, -0.05) is 6.07 Å². The molecule has 0 amide bonds. The lowest BCUT2D eigenvalue weighted by atomic mass is 10.1. The summed E-state index contributed by atoms with van der Waals surface area (Å²) in [6.07, 6.45) is 0. The number of nitrogens with zero attached hydrogens (tertiary/aromatic N) is 3. The first-order chi connectivity index (χ1) is 13.5. The van der Waals surface area contributed by atoms with Gasteiger partial charge in [0.15, 0.2) is 0 Å². The number of benzene rings is 2.